The van der Waals surface area contributed by atoms with E-state index in [2.05, 4.69) is 27.8 Å². The number of nitrogens with one attached hydrogen (secondary N) is 4. The molecule has 1 saturated carbocycles. The van der Waals surface area contributed by atoms with Gasteiger partial charge in [-0.1, -0.05) is 88.4 Å². The molecule has 5 rings (SSSR count). The first-order valence-electron chi connectivity index (χ1n) is 19.6. The molecule has 2 aromatic carbocycles. The number of amides is 6. The molecule has 0 aromatic heterocycles. The summed E-state index contributed by atoms with van der Waals surface area (Å²) in [6.45, 7) is 11.5. The van der Waals surface area contributed by atoms with Crippen LogP contribution in [0.1, 0.15) is 63.3 Å². The van der Waals surface area contributed by atoms with Crippen LogP contribution in [0.5, 0.6) is 0 Å². The Kier molecular flexibility index (Phi) is 13.6. The van der Waals surface area contributed by atoms with Crippen molar-refractivity contribution in [1.82, 2.24) is 31.1 Å². The van der Waals surface area contributed by atoms with Crippen LogP contribution in [-0.2, 0) is 46.3 Å². The van der Waals surface area contributed by atoms with Crippen molar-refractivity contribution in [1.29, 1.82) is 0 Å². The molecule has 0 bridgehead atoms. The molecule has 2 aliphatic carbocycles. The third-order valence-corrected chi connectivity index (χ3v) is 11.5. The van der Waals surface area contributed by atoms with Gasteiger partial charge in [-0.25, -0.2) is 4.79 Å². The smallest absolute Gasteiger partial charge is 0.407 e. The van der Waals surface area contributed by atoms with E-state index in [0.717, 1.165) is 11.1 Å². The van der Waals surface area contributed by atoms with E-state index in [4.69, 9.17) is 4.74 Å². The minimum Gasteiger partial charge on any atom is -0.449 e. The van der Waals surface area contributed by atoms with Crippen LogP contribution in [0.3, 0.4) is 0 Å². The number of ketones is 1. The lowest BCUT2D eigenvalue weighted by molar-refractivity contribution is -0.144. The molecule has 3 unspecified atom stereocenters. The summed E-state index contributed by atoms with van der Waals surface area (Å²) in [5.74, 6) is -4.54. The zero-order chi connectivity index (χ0) is 41.6. The molecular formula is C43H56N6O8. The molecule has 0 spiro atoms. The molecule has 2 fully saturated rings. The second-order valence-corrected chi connectivity index (χ2v) is 16.6. The number of hydrogen-bond donors (Lipinski definition) is 4. The largest absolute Gasteiger partial charge is 0.449 e. The molecular weight excluding hydrogens is 729 g/mol. The summed E-state index contributed by atoms with van der Waals surface area (Å²) >= 11 is 0. The van der Waals surface area contributed by atoms with Crippen LogP contribution in [0.2, 0.25) is 0 Å². The maximum atomic E-state index is 14.6. The highest BCUT2D eigenvalue weighted by atomic mass is 16.5. The van der Waals surface area contributed by atoms with Gasteiger partial charge < -0.3 is 35.8 Å². The monoisotopic (exact) mass is 784 g/mol. The summed E-state index contributed by atoms with van der Waals surface area (Å²) in [5.41, 5.74) is 2.46. The Morgan fingerprint density at radius 1 is 0.930 bits per heavy atom. The highest BCUT2D eigenvalue weighted by molar-refractivity contribution is 6.38. The number of likely N-dealkylation sites (N-methyl/N-ethyl adjacent to an activating group) is 1. The summed E-state index contributed by atoms with van der Waals surface area (Å²) in [5, 5.41) is 10.6. The molecule has 6 amide bonds. The van der Waals surface area contributed by atoms with Gasteiger partial charge in [0, 0.05) is 20.6 Å². The lowest BCUT2D eigenvalue weighted by atomic mass is 9.93. The number of carbonyl (C=O) groups excluding carboxylic acids is 7. The van der Waals surface area contributed by atoms with E-state index in [-0.39, 0.29) is 61.0 Å². The van der Waals surface area contributed by atoms with Crippen molar-refractivity contribution >= 4 is 41.4 Å². The quantitative estimate of drug-likeness (QED) is 0.140. The van der Waals surface area contributed by atoms with Crippen LogP contribution in [-0.4, -0.2) is 103 Å². The number of hydrogen-bond acceptors (Lipinski definition) is 8. The number of Topliss-reactive ketones (excluding diaryl/α,β-unsaturated/α-hetero) is 1. The van der Waals surface area contributed by atoms with Crippen molar-refractivity contribution in [3.05, 3.63) is 83.9 Å². The highest BCUT2D eigenvalue weighted by Gasteiger charge is 2.70. The summed E-state index contributed by atoms with van der Waals surface area (Å²) in [4.78, 5) is 97.5. The minimum absolute atomic E-state index is 0.00902. The van der Waals surface area contributed by atoms with Crippen molar-refractivity contribution < 1.29 is 38.3 Å². The maximum Gasteiger partial charge on any atom is 0.407 e. The first-order valence-corrected chi connectivity index (χ1v) is 19.6. The van der Waals surface area contributed by atoms with Crippen LogP contribution < -0.4 is 21.3 Å². The number of rotatable bonds is 17. The topological polar surface area (TPSA) is 183 Å². The lowest BCUT2D eigenvalue weighted by Crippen LogP contribution is -2.59. The van der Waals surface area contributed by atoms with Crippen LogP contribution in [0, 0.1) is 29.1 Å². The molecule has 0 radical (unpaired) electrons. The number of ether oxygens (including phenoxy) is 1. The Hall–Kier alpha value is -5.53. The van der Waals surface area contributed by atoms with Crippen molar-refractivity contribution in [2.75, 3.05) is 33.8 Å². The molecule has 1 heterocycles. The number of benzene rings is 2. The van der Waals surface area contributed by atoms with E-state index in [0.29, 0.717) is 18.4 Å². The van der Waals surface area contributed by atoms with E-state index >= 15 is 0 Å². The Morgan fingerprint density at radius 2 is 1.56 bits per heavy atom. The average molecular weight is 785 g/mol. The SMILES string of the molecule is C=CCCC(NC(=O)[C@@H]1C2C(CN1C(=O)[C@@H](NC(=O)OCC(C)C)C1Cc3ccccc3C1)C2(C)C)C(=O)C(=O)NCC(=O)N[C@H](C(=O)N(C)C)c1ccccc1. The molecule has 14 heteroatoms. The summed E-state index contributed by atoms with van der Waals surface area (Å²) in [6.07, 6.45) is 2.30. The fourth-order valence-corrected chi connectivity index (χ4v) is 8.23. The normalized spacial score (nSPS) is 20.5. The van der Waals surface area contributed by atoms with Gasteiger partial charge >= 0.3 is 6.09 Å². The van der Waals surface area contributed by atoms with E-state index < -0.39 is 66.2 Å². The number of allylic oxidation sites excluding steroid dienone is 1. The van der Waals surface area contributed by atoms with E-state index in [1.165, 1.54) is 9.80 Å². The van der Waals surface area contributed by atoms with Gasteiger partial charge in [-0.05, 0) is 71.5 Å². The van der Waals surface area contributed by atoms with Crippen molar-refractivity contribution in [3.8, 4) is 0 Å². The molecule has 57 heavy (non-hydrogen) atoms. The highest BCUT2D eigenvalue weighted by Crippen LogP contribution is 2.65. The molecule has 6 atom stereocenters. The Morgan fingerprint density at radius 3 is 2.16 bits per heavy atom. The third kappa shape index (κ3) is 9.89. The third-order valence-electron chi connectivity index (χ3n) is 11.5. The van der Waals surface area contributed by atoms with Crippen molar-refractivity contribution in [3.63, 3.8) is 0 Å². The zero-order valence-corrected chi connectivity index (χ0v) is 33.7. The van der Waals surface area contributed by atoms with E-state index in [9.17, 15) is 33.6 Å². The predicted molar refractivity (Wildman–Crippen MR) is 212 cm³/mol. The van der Waals surface area contributed by atoms with Crippen molar-refractivity contribution in [2.45, 2.75) is 77.5 Å². The van der Waals surface area contributed by atoms with E-state index in [1.54, 1.807) is 50.5 Å². The molecule has 1 saturated heterocycles. The number of carbonyl (C=O) groups is 7. The lowest BCUT2D eigenvalue weighted by Gasteiger charge is -2.35. The Balaban J connectivity index is 1.29. The Labute approximate surface area is 334 Å². The number of fused-ring (bicyclic) bond motifs is 2. The second kappa shape index (κ2) is 18.2. The zero-order valence-electron chi connectivity index (χ0n) is 33.7. The molecule has 3 aliphatic rings. The fourth-order valence-electron chi connectivity index (χ4n) is 8.23. The van der Waals surface area contributed by atoms with Crippen molar-refractivity contribution in [2.24, 2.45) is 29.1 Å². The standard InChI is InChI=1S/C43H56N6O8/c1-8-9-19-31(37(51)39(53)44-22-32(50)46-34(40(54)48(6)7)26-15-11-10-12-16-26)45-38(52)36-33-30(43(33,4)5)23-49(36)41(55)35(47-42(56)57-24-25(2)3)29-20-27-17-13-14-18-28(27)21-29/h8,10-18,25,29-31,33-36H,1,9,19-24H2,2-7H3,(H,44,53)(H,45,52)(H,46,50)(H,47,56)/t30?,31?,33?,34-,35-,36-/m0/s1. The van der Waals surface area contributed by atoms with Gasteiger partial charge in [0.25, 0.3) is 5.91 Å². The van der Waals surface area contributed by atoms with Gasteiger partial charge in [0.1, 0.15) is 18.1 Å². The molecule has 2 aromatic rings. The minimum atomic E-state index is -1.28. The molecule has 1 aliphatic heterocycles. The second-order valence-electron chi connectivity index (χ2n) is 16.6. The number of nitrogens with zero attached hydrogens (tertiary/aromatic N) is 2. The summed E-state index contributed by atoms with van der Waals surface area (Å²) in [6, 6.07) is 12.3. The average Bonchev–Trinajstić information content (AvgIpc) is 3.54. The molecule has 4 N–H and O–H groups in total. The first kappa shape index (κ1) is 42.6. The number of piperidine rings is 1. The Bertz CT molecular complexity index is 1840. The first-order chi connectivity index (χ1) is 27.0. The predicted octanol–water partition coefficient (Wildman–Crippen LogP) is 2.72. The fraction of sp³-hybridized carbons (Fsp3) is 0.512. The van der Waals surface area contributed by atoms with Crippen LogP contribution >= 0.6 is 0 Å². The van der Waals surface area contributed by atoms with Crippen LogP contribution in [0.4, 0.5) is 4.79 Å². The molecule has 306 valence electrons. The summed E-state index contributed by atoms with van der Waals surface area (Å²) in [7, 11) is 3.12. The van der Waals surface area contributed by atoms with Gasteiger partial charge in [0.2, 0.25) is 29.4 Å². The number of likely N-dealkylation sites (tertiary alicyclic amines) is 1. The van der Waals surface area contributed by atoms with Gasteiger partial charge in [0.05, 0.1) is 19.2 Å². The molecule has 14 nitrogen and oxygen atoms in total. The van der Waals surface area contributed by atoms with Gasteiger partial charge in [-0.3, -0.25) is 28.8 Å². The summed E-state index contributed by atoms with van der Waals surface area (Å²) < 4.78 is 5.43. The van der Waals surface area contributed by atoms with Gasteiger partial charge in [0.15, 0.2) is 0 Å². The van der Waals surface area contributed by atoms with Gasteiger partial charge in [-0.15, -0.1) is 6.58 Å². The van der Waals surface area contributed by atoms with E-state index in [1.807, 2.05) is 52.0 Å². The number of alkyl carbamates (subject to hydrolysis) is 1. The maximum absolute atomic E-state index is 14.6. The van der Waals surface area contributed by atoms with Gasteiger partial charge in [-0.2, -0.15) is 0 Å². The van der Waals surface area contributed by atoms with Crippen LogP contribution in [0.15, 0.2) is 67.3 Å². The van der Waals surface area contributed by atoms with Crippen LogP contribution in [0.25, 0.3) is 0 Å².